The maximum absolute atomic E-state index is 10.9. The minimum absolute atomic E-state index is 0.174. The van der Waals surface area contributed by atoms with E-state index in [2.05, 4.69) is 9.82 Å². The van der Waals surface area contributed by atoms with Crippen molar-refractivity contribution in [1.29, 1.82) is 0 Å². The molecule has 0 saturated carbocycles. The van der Waals surface area contributed by atoms with E-state index in [4.69, 9.17) is 4.89 Å². The first kappa shape index (κ1) is 11.6. The van der Waals surface area contributed by atoms with E-state index in [0.717, 1.165) is 0 Å². The van der Waals surface area contributed by atoms with Crippen molar-refractivity contribution in [2.24, 2.45) is 5.92 Å². The summed E-state index contributed by atoms with van der Waals surface area (Å²) in [5.41, 5.74) is 0. The van der Waals surface area contributed by atoms with Gasteiger partial charge in [-0.2, -0.15) is 0 Å². The summed E-state index contributed by atoms with van der Waals surface area (Å²) in [5, 5.41) is 2.29. The SMILES string of the molecule is CCOC(=O)C(C)CN[PH](=O)O. The molecular formula is C6H14NO4P. The van der Waals surface area contributed by atoms with Crippen LogP contribution in [0.4, 0.5) is 0 Å². The van der Waals surface area contributed by atoms with Gasteiger partial charge < -0.3 is 9.63 Å². The molecule has 0 rings (SSSR count). The lowest BCUT2D eigenvalue weighted by Crippen LogP contribution is -2.24. The molecule has 0 heterocycles. The highest BCUT2D eigenvalue weighted by atomic mass is 31.1. The van der Waals surface area contributed by atoms with E-state index in [9.17, 15) is 9.36 Å². The van der Waals surface area contributed by atoms with Crippen LogP contribution in [0, 0.1) is 5.92 Å². The van der Waals surface area contributed by atoms with Crippen LogP contribution >= 0.6 is 8.18 Å². The van der Waals surface area contributed by atoms with Crippen molar-refractivity contribution in [2.45, 2.75) is 13.8 Å². The summed E-state index contributed by atoms with van der Waals surface area (Å²) in [5.74, 6) is -0.737. The van der Waals surface area contributed by atoms with Crippen LogP contribution < -0.4 is 5.09 Å². The Kier molecular flexibility index (Phi) is 5.98. The maximum atomic E-state index is 10.9. The van der Waals surface area contributed by atoms with E-state index in [1.165, 1.54) is 0 Å². The van der Waals surface area contributed by atoms with E-state index >= 15 is 0 Å². The highest BCUT2D eigenvalue weighted by Gasteiger charge is 2.13. The molecule has 0 fully saturated rings. The fraction of sp³-hybridized carbons (Fsp3) is 0.833. The van der Waals surface area contributed by atoms with Gasteiger partial charge in [0.1, 0.15) is 0 Å². The Morgan fingerprint density at radius 2 is 2.33 bits per heavy atom. The minimum atomic E-state index is -2.69. The van der Waals surface area contributed by atoms with Gasteiger partial charge in [0.15, 0.2) is 0 Å². The predicted octanol–water partition coefficient (Wildman–Crippen LogP) is 0.157. The van der Waals surface area contributed by atoms with Crippen molar-refractivity contribution < 1.29 is 19.0 Å². The molecule has 5 nitrogen and oxygen atoms in total. The molecule has 0 aromatic rings. The quantitative estimate of drug-likeness (QED) is 0.482. The first-order valence-corrected chi connectivity index (χ1v) is 5.07. The summed E-state index contributed by atoms with van der Waals surface area (Å²) in [6, 6.07) is 0. The van der Waals surface area contributed by atoms with E-state index in [1.54, 1.807) is 13.8 Å². The number of ether oxygens (including phenoxy) is 1. The summed E-state index contributed by atoms with van der Waals surface area (Å²) >= 11 is 0. The Hall–Kier alpha value is -0.380. The second kappa shape index (κ2) is 6.17. The van der Waals surface area contributed by atoms with Crippen LogP contribution in [0.25, 0.3) is 0 Å². The lowest BCUT2D eigenvalue weighted by molar-refractivity contribution is -0.147. The molecule has 0 spiro atoms. The minimum Gasteiger partial charge on any atom is -0.466 e. The monoisotopic (exact) mass is 195 g/mol. The average Bonchev–Trinajstić information content (AvgIpc) is 2.00. The third-order valence-corrected chi connectivity index (χ3v) is 1.76. The molecule has 0 saturated heterocycles. The largest absolute Gasteiger partial charge is 0.466 e. The molecule has 0 bridgehead atoms. The molecule has 2 unspecified atom stereocenters. The number of carbonyl (C=O) groups excluding carboxylic acids is 1. The van der Waals surface area contributed by atoms with Crippen LogP contribution in [0.5, 0.6) is 0 Å². The Morgan fingerprint density at radius 3 is 2.75 bits per heavy atom. The molecular weight excluding hydrogens is 181 g/mol. The number of carbonyl (C=O) groups is 1. The number of esters is 1. The van der Waals surface area contributed by atoms with Crippen molar-refractivity contribution in [3.8, 4) is 0 Å². The first-order chi connectivity index (χ1) is 5.57. The van der Waals surface area contributed by atoms with Crippen LogP contribution in [-0.4, -0.2) is 24.0 Å². The Bertz CT molecular complexity index is 173. The van der Waals surface area contributed by atoms with Crippen LogP contribution in [-0.2, 0) is 14.1 Å². The molecule has 0 aliphatic rings. The van der Waals surface area contributed by atoms with Crippen molar-refractivity contribution in [3.63, 3.8) is 0 Å². The lowest BCUT2D eigenvalue weighted by atomic mass is 10.2. The van der Waals surface area contributed by atoms with Gasteiger partial charge in [-0.25, -0.2) is 5.09 Å². The molecule has 0 aliphatic heterocycles. The van der Waals surface area contributed by atoms with Gasteiger partial charge in [0.2, 0.25) is 0 Å². The van der Waals surface area contributed by atoms with Crippen LogP contribution in [0.3, 0.4) is 0 Å². The fourth-order valence-corrected chi connectivity index (χ4v) is 1.09. The van der Waals surface area contributed by atoms with E-state index in [-0.39, 0.29) is 18.4 Å². The normalized spacial score (nSPS) is 15.2. The van der Waals surface area contributed by atoms with Gasteiger partial charge in [0, 0.05) is 6.54 Å². The number of nitrogens with one attached hydrogen (secondary N) is 1. The van der Waals surface area contributed by atoms with Gasteiger partial charge in [-0.1, -0.05) is 6.92 Å². The van der Waals surface area contributed by atoms with Gasteiger partial charge in [0.25, 0.3) is 8.18 Å². The molecule has 0 amide bonds. The molecule has 0 radical (unpaired) electrons. The Labute approximate surface area is 72.0 Å². The maximum Gasteiger partial charge on any atom is 0.309 e. The van der Waals surface area contributed by atoms with Gasteiger partial charge in [-0.3, -0.25) is 9.36 Å². The second-order valence-electron chi connectivity index (χ2n) is 2.34. The zero-order chi connectivity index (χ0) is 9.56. The van der Waals surface area contributed by atoms with Crippen molar-refractivity contribution in [1.82, 2.24) is 5.09 Å². The van der Waals surface area contributed by atoms with E-state index in [1.807, 2.05) is 0 Å². The van der Waals surface area contributed by atoms with Crippen LogP contribution in [0.2, 0.25) is 0 Å². The Balaban J connectivity index is 3.63. The Morgan fingerprint density at radius 1 is 1.75 bits per heavy atom. The highest BCUT2D eigenvalue weighted by molar-refractivity contribution is 7.35. The van der Waals surface area contributed by atoms with E-state index < -0.39 is 8.18 Å². The third kappa shape index (κ3) is 5.29. The summed E-state index contributed by atoms with van der Waals surface area (Å²) < 4.78 is 14.9. The van der Waals surface area contributed by atoms with Gasteiger partial charge >= 0.3 is 5.97 Å². The molecule has 6 heteroatoms. The lowest BCUT2D eigenvalue weighted by Gasteiger charge is -2.09. The number of hydrogen-bond acceptors (Lipinski definition) is 3. The van der Waals surface area contributed by atoms with Gasteiger partial charge in [-0.05, 0) is 6.92 Å². The van der Waals surface area contributed by atoms with Gasteiger partial charge in [-0.15, -0.1) is 0 Å². The second-order valence-corrected chi connectivity index (χ2v) is 3.30. The molecule has 0 aromatic carbocycles. The summed E-state index contributed by atoms with van der Waals surface area (Å²) in [4.78, 5) is 19.3. The zero-order valence-corrected chi connectivity index (χ0v) is 8.16. The summed E-state index contributed by atoms with van der Waals surface area (Å²) in [6.07, 6.45) is 0. The molecule has 12 heavy (non-hydrogen) atoms. The molecule has 2 N–H and O–H groups in total. The first-order valence-electron chi connectivity index (χ1n) is 3.71. The molecule has 0 aliphatic carbocycles. The topological polar surface area (TPSA) is 75.6 Å². The summed E-state index contributed by atoms with van der Waals surface area (Å²) in [7, 11) is -2.69. The number of hydrogen-bond donors (Lipinski definition) is 2. The van der Waals surface area contributed by atoms with Crippen molar-refractivity contribution >= 4 is 14.1 Å². The molecule has 0 aromatic heterocycles. The third-order valence-electron chi connectivity index (χ3n) is 1.25. The van der Waals surface area contributed by atoms with Crippen molar-refractivity contribution in [3.05, 3.63) is 0 Å². The molecule has 72 valence electrons. The predicted molar refractivity (Wildman–Crippen MR) is 45.0 cm³/mol. The summed E-state index contributed by atoms with van der Waals surface area (Å²) in [6.45, 7) is 3.85. The van der Waals surface area contributed by atoms with E-state index in [0.29, 0.717) is 6.61 Å². The van der Waals surface area contributed by atoms with Crippen molar-refractivity contribution in [2.75, 3.05) is 13.2 Å². The van der Waals surface area contributed by atoms with Gasteiger partial charge in [0.05, 0.1) is 12.5 Å². The number of rotatable bonds is 5. The average molecular weight is 195 g/mol. The zero-order valence-electron chi connectivity index (χ0n) is 7.16. The van der Waals surface area contributed by atoms with Crippen LogP contribution in [0.1, 0.15) is 13.8 Å². The van der Waals surface area contributed by atoms with Crippen LogP contribution in [0.15, 0.2) is 0 Å². The molecule has 2 atom stereocenters. The highest BCUT2D eigenvalue weighted by Crippen LogP contribution is 2.06. The smallest absolute Gasteiger partial charge is 0.309 e. The fourth-order valence-electron chi connectivity index (χ4n) is 0.608. The standard InChI is InChI=1S/C6H14NO4P/c1-3-11-6(8)5(2)4-7-12(9)10/h5,12H,3-4H2,1-2H3,(H2,7,9,10).